The number of allylic oxidation sites excluding steroid dienone is 4. The molecule has 212 valence electrons. The number of benzene rings is 2. The Kier molecular flexibility index (Phi) is 6.80. The van der Waals surface area contributed by atoms with Crippen molar-refractivity contribution >= 4 is 57.4 Å². The summed E-state index contributed by atoms with van der Waals surface area (Å²) in [5.41, 5.74) is 4.75. The highest BCUT2D eigenvalue weighted by atomic mass is 35.5. The Bertz CT molecular complexity index is 1660. The fourth-order valence-corrected chi connectivity index (χ4v) is 7.28. The highest BCUT2D eigenvalue weighted by molar-refractivity contribution is 6.37. The maximum atomic E-state index is 11.5. The van der Waals surface area contributed by atoms with Gasteiger partial charge in [0.1, 0.15) is 18.5 Å². The minimum atomic E-state index is -1.02. The van der Waals surface area contributed by atoms with Gasteiger partial charge >= 0.3 is 5.97 Å². The summed E-state index contributed by atoms with van der Waals surface area (Å²) in [6.45, 7) is 0.395. The largest absolute Gasteiger partial charge is 0.493 e. The summed E-state index contributed by atoms with van der Waals surface area (Å²) >= 11 is 20.0. The van der Waals surface area contributed by atoms with E-state index in [1.165, 1.54) is 0 Å². The minimum absolute atomic E-state index is 0.0398. The first-order valence-electron chi connectivity index (χ1n) is 13.9. The normalized spacial score (nSPS) is 27.2. The highest BCUT2D eigenvalue weighted by Crippen LogP contribution is 2.56. The van der Waals surface area contributed by atoms with E-state index in [9.17, 15) is 9.90 Å². The predicted molar refractivity (Wildman–Crippen MR) is 160 cm³/mol. The standard InChI is InChI=1S/C31H28Cl3N3O4/c1-37-26-11-16(7-9-19(26)29(35-37)31(38)39)20-13-21(20)18-10-8-17(12-25(18)34)40-14-22-28(36-41-30(22)15-5-6-15)27-23(32)3-2-4-24(27)33/h2-3,7-12,15,20-22,24,30H,4-6,13-14H2,1H3,(H,38,39). The average molecular weight is 613 g/mol. The van der Waals surface area contributed by atoms with E-state index in [0.29, 0.717) is 46.1 Å². The van der Waals surface area contributed by atoms with Crippen LogP contribution in [0.15, 0.2) is 64.3 Å². The van der Waals surface area contributed by atoms with Crippen LogP contribution in [-0.4, -0.2) is 44.7 Å². The van der Waals surface area contributed by atoms with Crippen molar-refractivity contribution in [3.05, 3.63) is 81.0 Å². The fraction of sp³-hybridized carbons (Fsp3) is 0.387. The van der Waals surface area contributed by atoms with Crippen molar-refractivity contribution in [2.45, 2.75) is 49.0 Å². The van der Waals surface area contributed by atoms with Gasteiger partial charge in [-0.1, -0.05) is 52.6 Å². The van der Waals surface area contributed by atoms with Crippen molar-refractivity contribution < 1.29 is 19.5 Å². The molecule has 0 amide bonds. The second-order valence-corrected chi connectivity index (χ2v) is 12.7. The second kappa shape index (κ2) is 10.4. The van der Waals surface area contributed by atoms with Crippen LogP contribution in [-0.2, 0) is 11.9 Å². The molecule has 5 unspecified atom stereocenters. The van der Waals surface area contributed by atoms with Gasteiger partial charge in [-0.25, -0.2) is 4.79 Å². The van der Waals surface area contributed by atoms with Crippen LogP contribution < -0.4 is 4.74 Å². The zero-order chi connectivity index (χ0) is 28.4. The van der Waals surface area contributed by atoms with Crippen LogP contribution >= 0.6 is 34.8 Å². The molecule has 3 aliphatic carbocycles. The van der Waals surface area contributed by atoms with E-state index in [1.807, 2.05) is 48.6 Å². The lowest BCUT2D eigenvalue weighted by Crippen LogP contribution is -2.33. The molecule has 1 aliphatic heterocycles. The Morgan fingerprint density at radius 3 is 2.73 bits per heavy atom. The van der Waals surface area contributed by atoms with E-state index < -0.39 is 5.97 Å². The molecule has 4 aliphatic rings. The van der Waals surface area contributed by atoms with E-state index in [4.69, 9.17) is 44.4 Å². The van der Waals surface area contributed by atoms with E-state index >= 15 is 0 Å². The predicted octanol–water partition coefficient (Wildman–Crippen LogP) is 7.42. The Morgan fingerprint density at radius 2 is 2.00 bits per heavy atom. The molecule has 2 saturated carbocycles. The first-order valence-corrected chi connectivity index (χ1v) is 15.1. The molecule has 2 aromatic carbocycles. The van der Waals surface area contributed by atoms with Gasteiger partial charge in [0.25, 0.3) is 0 Å². The maximum absolute atomic E-state index is 11.5. The molecule has 0 spiro atoms. The fourth-order valence-electron chi connectivity index (χ4n) is 6.26. The summed E-state index contributed by atoms with van der Waals surface area (Å²) in [5.74, 6) is 0.678. The third kappa shape index (κ3) is 4.92. The summed E-state index contributed by atoms with van der Waals surface area (Å²) in [6.07, 6.45) is 7.74. The smallest absolute Gasteiger partial charge is 0.357 e. The second-order valence-electron chi connectivity index (χ2n) is 11.4. The molecule has 2 fully saturated rings. The Hall–Kier alpha value is -3.00. The zero-order valence-corrected chi connectivity index (χ0v) is 24.5. The number of hydrogen-bond donors (Lipinski definition) is 1. The van der Waals surface area contributed by atoms with E-state index in [2.05, 4.69) is 10.3 Å². The number of fused-ring (bicyclic) bond motifs is 1. The molecular formula is C31H28Cl3N3O4. The van der Waals surface area contributed by atoms with Gasteiger partial charge in [0.05, 0.1) is 22.5 Å². The van der Waals surface area contributed by atoms with Crippen LogP contribution in [0, 0.1) is 11.8 Å². The number of ether oxygens (including phenoxy) is 1. The van der Waals surface area contributed by atoms with Crippen LogP contribution in [0.3, 0.4) is 0 Å². The third-order valence-corrected chi connectivity index (χ3v) is 9.71. The van der Waals surface area contributed by atoms with Crippen molar-refractivity contribution in [3.63, 3.8) is 0 Å². The van der Waals surface area contributed by atoms with Crippen LogP contribution in [0.25, 0.3) is 10.9 Å². The molecule has 7 nitrogen and oxygen atoms in total. The molecule has 7 rings (SSSR count). The Morgan fingerprint density at radius 1 is 1.17 bits per heavy atom. The first kappa shape index (κ1) is 26.9. The molecule has 41 heavy (non-hydrogen) atoms. The number of carbonyl (C=O) groups is 1. The third-order valence-electron chi connectivity index (χ3n) is 8.66. The van der Waals surface area contributed by atoms with Crippen molar-refractivity contribution in [1.29, 1.82) is 0 Å². The quantitative estimate of drug-likeness (QED) is 0.268. The van der Waals surface area contributed by atoms with Gasteiger partial charge in [-0.2, -0.15) is 5.10 Å². The number of carboxylic acid groups (broad SMARTS) is 1. The van der Waals surface area contributed by atoms with Crippen LogP contribution in [0.5, 0.6) is 5.75 Å². The number of rotatable bonds is 8. The molecule has 2 heterocycles. The number of carboxylic acids is 1. The van der Waals surface area contributed by atoms with Gasteiger partial charge in [-0.05, 0) is 78.8 Å². The Balaban J connectivity index is 1.06. The van der Waals surface area contributed by atoms with Gasteiger partial charge in [-0.15, -0.1) is 11.6 Å². The number of alkyl halides is 1. The molecular weight excluding hydrogens is 585 g/mol. The number of aromatic nitrogens is 2. The first-order chi connectivity index (χ1) is 19.8. The van der Waals surface area contributed by atoms with Crippen molar-refractivity contribution in [1.82, 2.24) is 9.78 Å². The van der Waals surface area contributed by atoms with Gasteiger partial charge in [0.15, 0.2) is 5.69 Å². The van der Waals surface area contributed by atoms with E-state index in [0.717, 1.165) is 47.2 Å². The minimum Gasteiger partial charge on any atom is -0.493 e. The van der Waals surface area contributed by atoms with Crippen LogP contribution in [0.4, 0.5) is 0 Å². The monoisotopic (exact) mass is 611 g/mol. The van der Waals surface area contributed by atoms with E-state index in [-0.39, 0.29) is 29.0 Å². The van der Waals surface area contributed by atoms with Gasteiger partial charge in [0.2, 0.25) is 0 Å². The lowest BCUT2D eigenvalue weighted by Gasteiger charge is -2.23. The van der Waals surface area contributed by atoms with Crippen molar-refractivity contribution in [3.8, 4) is 5.75 Å². The molecule has 0 radical (unpaired) electrons. The maximum Gasteiger partial charge on any atom is 0.357 e. The van der Waals surface area contributed by atoms with Gasteiger partial charge < -0.3 is 14.7 Å². The zero-order valence-electron chi connectivity index (χ0n) is 22.3. The van der Waals surface area contributed by atoms with Crippen LogP contribution in [0.1, 0.15) is 59.1 Å². The molecule has 0 saturated heterocycles. The summed E-state index contributed by atoms with van der Waals surface area (Å²) in [5, 5.41) is 19.7. The lowest BCUT2D eigenvalue weighted by molar-refractivity contribution is 0.0340. The number of aromatic carboxylic acids is 1. The number of oxime groups is 1. The highest BCUT2D eigenvalue weighted by Gasteiger charge is 2.47. The SMILES string of the molecule is Cn1nc(C(=O)O)c2ccc(C3CC3c3ccc(OCC4C(C5=C(Cl)C=CCC5Cl)=NOC4C4CC4)cc3Cl)cc21. The molecule has 1 N–H and O–H groups in total. The number of halogens is 3. The van der Waals surface area contributed by atoms with E-state index in [1.54, 1.807) is 11.7 Å². The van der Waals surface area contributed by atoms with Gasteiger partial charge in [0, 0.05) is 28.1 Å². The number of nitrogens with zero attached hydrogens (tertiary/aromatic N) is 3. The summed E-state index contributed by atoms with van der Waals surface area (Å²) in [6, 6.07) is 11.8. The summed E-state index contributed by atoms with van der Waals surface area (Å²) < 4.78 is 7.92. The Labute approximate surface area is 252 Å². The topological polar surface area (TPSA) is 85.9 Å². The molecule has 0 bridgehead atoms. The molecule has 10 heteroatoms. The molecule has 5 atom stereocenters. The average Bonchev–Trinajstić information content (AvgIpc) is 3.87. The van der Waals surface area contributed by atoms with Crippen LogP contribution in [0.2, 0.25) is 5.02 Å². The van der Waals surface area contributed by atoms with Crippen molar-refractivity contribution in [2.75, 3.05) is 6.61 Å². The molecule has 3 aromatic rings. The number of aryl methyl sites for hydroxylation is 1. The number of hydrogen-bond acceptors (Lipinski definition) is 5. The lowest BCUT2D eigenvalue weighted by atomic mass is 9.87. The van der Waals surface area contributed by atoms with Crippen molar-refractivity contribution in [2.24, 2.45) is 24.0 Å². The molecule has 1 aromatic heterocycles. The summed E-state index contributed by atoms with van der Waals surface area (Å²) in [4.78, 5) is 17.4. The summed E-state index contributed by atoms with van der Waals surface area (Å²) in [7, 11) is 1.77. The van der Waals surface area contributed by atoms with Gasteiger partial charge in [-0.3, -0.25) is 4.68 Å².